The molecule has 0 saturated heterocycles. The van der Waals surface area contributed by atoms with Crippen LogP contribution in [-0.2, 0) is 6.54 Å². The lowest BCUT2D eigenvalue weighted by molar-refractivity contribution is 0.0950. The highest BCUT2D eigenvalue weighted by Crippen LogP contribution is 2.13. The van der Waals surface area contributed by atoms with Crippen LogP contribution >= 0.6 is 0 Å². The molecule has 0 atom stereocenters. The normalized spacial score (nSPS) is 10.3. The number of carbonyl (C=O) groups excluding carboxylic acids is 2. The number of nitrogens with one attached hydrogen (secondary N) is 2. The number of benzene rings is 3. The van der Waals surface area contributed by atoms with E-state index in [2.05, 4.69) is 10.6 Å². The number of hydrogen-bond acceptors (Lipinski definition) is 2. The Balaban J connectivity index is 1.58. The predicted molar refractivity (Wildman–Crippen MR) is 103 cm³/mol. The SMILES string of the molecule is Cc1ccc(CNC(=O)c2ccc(NC(=O)c3ccccc3)cc2)cc1F. The van der Waals surface area contributed by atoms with Gasteiger partial charge in [-0.1, -0.05) is 30.3 Å². The van der Waals surface area contributed by atoms with Crippen molar-refractivity contribution in [3.63, 3.8) is 0 Å². The minimum Gasteiger partial charge on any atom is -0.348 e. The van der Waals surface area contributed by atoms with Crippen molar-refractivity contribution in [1.29, 1.82) is 0 Å². The number of aryl methyl sites for hydroxylation is 1. The van der Waals surface area contributed by atoms with E-state index in [1.54, 1.807) is 67.6 Å². The Morgan fingerprint density at radius 1 is 0.852 bits per heavy atom. The Bertz CT molecular complexity index is 954. The van der Waals surface area contributed by atoms with E-state index in [0.29, 0.717) is 27.9 Å². The van der Waals surface area contributed by atoms with Gasteiger partial charge in [-0.25, -0.2) is 4.39 Å². The fourth-order valence-electron chi connectivity index (χ4n) is 2.53. The molecule has 3 aromatic rings. The third-order valence-electron chi connectivity index (χ3n) is 4.13. The first-order valence-corrected chi connectivity index (χ1v) is 8.52. The van der Waals surface area contributed by atoms with Gasteiger partial charge >= 0.3 is 0 Å². The van der Waals surface area contributed by atoms with Crippen LogP contribution < -0.4 is 10.6 Å². The van der Waals surface area contributed by atoms with Crippen molar-refractivity contribution in [2.45, 2.75) is 13.5 Å². The van der Waals surface area contributed by atoms with Crippen LogP contribution in [0.15, 0.2) is 72.8 Å². The van der Waals surface area contributed by atoms with Crippen molar-refractivity contribution in [2.75, 3.05) is 5.32 Å². The molecule has 136 valence electrons. The summed E-state index contributed by atoms with van der Waals surface area (Å²) in [6.45, 7) is 1.93. The molecule has 0 aliphatic heterocycles. The highest BCUT2D eigenvalue weighted by Gasteiger charge is 2.08. The largest absolute Gasteiger partial charge is 0.348 e. The van der Waals surface area contributed by atoms with Crippen molar-refractivity contribution >= 4 is 17.5 Å². The lowest BCUT2D eigenvalue weighted by atomic mass is 10.1. The maximum atomic E-state index is 13.6. The highest BCUT2D eigenvalue weighted by molar-refractivity contribution is 6.04. The molecule has 0 aliphatic rings. The van der Waals surface area contributed by atoms with Gasteiger partial charge in [0.2, 0.25) is 0 Å². The molecule has 27 heavy (non-hydrogen) atoms. The molecule has 3 rings (SSSR count). The Kier molecular flexibility index (Phi) is 5.61. The molecule has 0 aliphatic carbocycles. The Morgan fingerprint density at radius 2 is 1.52 bits per heavy atom. The van der Waals surface area contributed by atoms with E-state index in [1.165, 1.54) is 6.07 Å². The van der Waals surface area contributed by atoms with Gasteiger partial charge in [-0.2, -0.15) is 0 Å². The second kappa shape index (κ2) is 8.27. The minimum absolute atomic E-state index is 0.214. The fourth-order valence-corrected chi connectivity index (χ4v) is 2.53. The smallest absolute Gasteiger partial charge is 0.255 e. The summed E-state index contributed by atoms with van der Waals surface area (Å²) < 4.78 is 13.6. The van der Waals surface area contributed by atoms with Gasteiger partial charge in [0, 0.05) is 23.4 Å². The average molecular weight is 362 g/mol. The van der Waals surface area contributed by atoms with Crippen molar-refractivity contribution in [3.05, 3.63) is 101 Å². The molecule has 0 fully saturated rings. The molecule has 0 aromatic heterocycles. The van der Waals surface area contributed by atoms with Gasteiger partial charge < -0.3 is 10.6 Å². The second-order valence-corrected chi connectivity index (χ2v) is 6.16. The summed E-state index contributed by atoms with van der Waals surface area (Å²) in [4.78, 5) is 24.4. The van der Waals surface area contributed by atoms with Gasteiger partial charge in [0.05, 0.1) is 0 Å². The second-order valence-electron chi connectivity index (χ2n) is 6.16. The topological polar surface area (TPSA) is 58.2 Å². The van der Waals surface area contributed by atoms with E-state index < -0.39 is 0 Å². The minimum atomic E-state index is -0.291. The fraction of sp³-hybridized carbons (Fsp3) is 0.0909. The average Bonchev–Trinajstić information content (AvgIpc) is 2.70. The van der Waals surface area contributed by atoms with Crippen LogP contribution in [0, 0.1) is 12.7 Å². The monoisotopic (exact) mass is 362 g/mol. The molecule has 0 heterocycles. The number of amides is 2. The van der Waals surface area contributed by atoms with Gasteiger partial charge in [0.1, 0.15) is 5.82 Å². The van der Waals surface area contributed by atoms with Crippen molar-refractivity contribution in [3.8, 4) is 0 Å². The summed E-state index contributed by atoms with van der Waals surface area (Å²) in [6, 6.07) is 20.4. The zero-order valence-electron chi connectivity index (χ0n) is 14.8. The van der Waals surface area contributed by atoms with Crippen LogP contribution in [0.25, 0.3) is 0 Å². The summed E-state index contributed by atoms with van der Waals surface area (Å²) in [5.74, 6) is -0.772. The first-order valence-electron chi connectivity index (χ1n) is 8.52. The standard InChI is InChI=1S/C22H19FN2O2/c1-15-7-8-16(13-20(15)23)14-24-21(26)18-9-11-19(12-10-18)25-22(27)17-5-3-2-4-6-17/h2-13H,14H2,1H3,(H,24,26)(H,25,27). The van der Waals surface area contributed by atoms with Crippen LogP contribution in [0.4, 0.5) is 10.1 Å². The Labute approximate surface area is 157 Å². The Hall–Kier alpha value is -3.47. The lowest BCUT2D eigenvalue weighted by Gasteiger charge is -2.08. The van der Waals surface area contributed by atoms with Gasteiger partial charge in [-0.15, -0.1) is 0 Å². The van der Waals surface area contributed by atoms with Crippen molar-refractivity contribution < 1.29 is 14.0 Å². The van der Waals surface area contributed by atoms with Crippen LogP contribution in [0.2, 0.25) is 0 Å². The van der Waals surface area contributed by atoms with E-state index in [9.17, 15) is 14.0 Å². The number of carbonyl (C=O) groups is 2. The summed E-state index contributed by atoms with van der Waals surface area (Å²) in [7, 11) is 0. The van der Waals surface area contributed by atoms with Gasteiger partial charge in [0.15, 0.2) is 0 Å². The Morgan fingerprint density at radius 3 is 2.19 bits per heavy atom. The summed E-state index contributed by atoms with van der Waals surface area (Å²) >= 11 is 0. The van der Waals surface area contributed by atoms with E-state index in [-0.39, 0.29) is 24.2 Å². The van der Waals surface area contributed by atoms with Crippen molar-refractivity contribution in [1.82, 2.24) is 5.32 Å². The molecule has 3 aromatic carbocycles. The van der Waals surface area contributed by atoms with Crippen molar-refractivity contribution in [2.24, 2.45) is 0 Å². The highest BCUT2D eigenvalue weighted by atomic mass is 19.1. The molecule has 2 N–H and O–H groups in total. The maximum Gasteiger partial charge on any atom is 0.255 e. The first kappa shape index (κ1) is 18.3. The number of anilines is 1. The zero-order chi connectivity index (χ0) is 19.2. The van der Waals surface area contributed by atoms with Crippen LogP contribution in [0.3, 0.4) is 0 Å². The van der Waals surface area contributed by atoms with E-state index in [1.807, 2.05) is 6.07 Å². The molecule has 0 bridgehead atoms. The van der Waals surface area contributed by atoms with Crippen LogP contribution in [-0.4, -0.2) is 11.8 Å². The molecule has 4 nitrogen and oxygen atoms in total. The summed E-state index contributed by atoms with van der Waals surface area (Å²) in [5, 5.41) is 5.54. The van der Waals surface area contributed by atoms with E-state index >= 15 is 0 Å². The molecule has 0 radical (unpaired) electrons. The predicted octanol–water partition coefficient (Wildman–Crippen LogP) is 4.32. The van der Waals surface area contributed by atoms with E-state index in [4.69, 9.17) is 0 Å². The number of halogens is 1. The molecule has 2 amide bonds. The quantitative estimate of drug-likeness (QED) is 0.710. The molecule has 5 heteroatoms. The van der Waals surface area contributed by atoms with Gasteiger partial charge in [-0.3, -0.25) is 9.59 Å². The molecule has 0 unspecified atom stereocenters. The third kappa shape index (κ3) is 4.79. The molecular formula is C22H19FN2O2. The van der Waals surface area contributed by atoms with Gasteiger partial charge in [0.25, 0.3) is 11.8 Å². The maximum absolute atomic E-state index is 13.6. The van der Waals surface area contributed by atoms with E-state index in [0.717, 1.165) is 0 Å². The van der Waals surface area contributed by atoms with Gasteiger partial charge in [-0.05, 0) is 60.5 Å². The lowest BCUT2D eigenvalue weighted by Crippen LogP contribution is -2.22. The summed E-state index contributed by atoms with van der Waals surface area (Å²) in [5.41, 5.74) is 2.88. The molecule has 0 saturated carbocycles. The van der Waals surface area contributed by atoms with Crippen LogP contribution in [0.1, 0.15) is 31.8 Å². The number of rotatable bonds is 5. The zero-order valence-corrected chi connectivity index (χ0v) is 14.8. The molecular weight excluding hydrogens is 343 g/mol. The third-order valence-corrected chi connectivity index (χ3v) is 4.13. The molecule has 0 spiro atoms. The number of hydrogen-bond donors (Lipinski definition) is 2. The van der Waals surface area contributed by atoms with Crippen LogP contribution in [0.5, 0.6) is 0 Å². The first-order chi connectivity index (χ1) is 13.0. The summed E-state index contributed by atoms with van der Waals surface area (Å²) in [6.07, 6.45) is 0.